The minimum absolute atomic E-state index is 0.284. The standard InChI is InChI=1S/C9H9Br2N3S2/c1-4(2)14-8(12-13-9(14)15)5-3-6(10)16-7(5)11/h3-4H,1-2H3,(H,13,15). The summed E-state index contributed by atoms with van der Waals surface area (Å²) in [4.78, 5) is 0. The first-order chi connectivity index (χ1) is 7.50. The van der Waals surface area contributed by atoms with Gasteiger partial charge in [0.15, 0.2) is 10.6 Å². The Morgan fingerprint density at radius 1 is 1.50 bits per heavy atom. The van der Waals surface area contributed by atoms with Crippen LogP contribution in [0.5, 0.6) is 0 Å². The second-order valence-corrected chi connectivity index (χ2v) is 7.69. The van der Waals surface area contributed by atoms with Gasteiger partial charge in [0.25, 0.3) is 0 Å². The molecule has 0 spiro atoms. The minimum Gasteiger partial charge on any atom is -0.298 e. The molecule has 0 radical (unpaired) electrons. The molecule has 3 nitrogen and oxygen atoms in total. The van der Waals surface area contributed by atoms with E-state index in [-0.39, 0.29) is 6.04 Å². The van der Waals surface area contributed by atoms with E-state index < -0.39 is 0 Å². The maximum Gasteiger partial charge on any atom is 0.195 e. The van der Waals surface area contributed by atoms with Crippen LogP contribution in [0.2, 0.25) is 0 Å². The van der Waals surface area contributed by atoms with Gasteiger partial charge in [-0.2, -0.15) is 5.10 Å². The Morgan fingerprint density at radius 2 is 2.19 bits per heavy atom. The maximum atomic E-state index is 5.22. The van der Waals surface area contributed by atoms with Crippen molar-refractivity contribution < 1.29 is 0 Å². The largest absolute Gasteiger partial charge is 0.298 e. The van der Waals surface area contributed by atoms with Gasteiger partial charge >= 0.3 is 0 Å². The number of aromatic nitrogens is 3. The van der Waals surface area contributed by atoms with Crippen LogP contribution >= 0.6 is 55.4 Å². The fourth-order valence-corrected chi connectivity index (χ4v) is 4.60. The lowest BCUT2D eigenvalue weighted by Crippen LogP contribution is -2.02. The van der Waals surface area contributed by atoms with Crippen LogP contribution in [0.4, 0.5) is 0 Å². The molecule has 0 aliphatic rings. The molecule has 2 heterocycles. The van der Waals surface area contributed by atoms with Crippen molar-refractivity contribution in [1.82, 2.24) is 14.8 Å². The van der Waals surface area contributed by atoms with Crippen molar-refractivity contribution in [2.24, 2.45) is 0 Å². The van der Waals surface area contributed by atoms with Gasteiger partial charge < -0.3 is 0 Å². The molecule has 1 N–H and O–H groups in total. The van der Waals surface area contributed by atoms with Gasteiger partial charge in [0, 0.05) is 11.6 Å². The molecule has 0 aliphatic heterocycles. The number of hydrogen-bond donors (Lipinski definition) is 1. The van der Waals surface area contributed by atoms with Crippen LogP contribution in [0.1, 0.15) is 19.9 Å². The quantitative estimate of drug-likeness (QED) is 0.758. The van der Waals surface area contributed by atoms with E-state index >= 15 is 0 Å². The zero-order valence-electron chi connectivity index (χ0n) is 8.62. The highest BCUT2D eigenvalue weighted by Crippen LogP contribution is 2.38. The molecule has 0 saturated heterocycles. The van der Waals surface area contributed by atoms with Crippen molar-refractivity contribution in [3.8, 4) is 11.4 Å². The Balaban J connectivity index is 2.65. The zero-order valence-corrected chi connectivity index (χ0v) is 13.4. The second kappa shape index (κ2) is 4.72. The number of thiophene rings is 1. The number of rotatable bonds is 2. The predicted octanol–water partition coefficient (Wildman–Crippen LogP) is 4.78. The molecule has 0 aromatic carbocycles. The number of aromatic amines is 1. The first-order valence-corrected chi connectivity index (χ1v) is 7.44. The average Bonchev–Trinajstić information content (AvgIpc) is 2.69. The van der Waals surface area contributed by atoms with E-state index in [1.807, 2.05) is 10.6 Å². The van der Waals surface area contributed by atoms with Gasteiger partial charge in [-0.15, -0.1) is 11.3 Å². The highest BCUT2D eigenvalue weighted by Gasteiger charge is 2.16. The van der Waals surface area contributed by atoms with E-state index in [0.717, 1.165) is 19.0 Å². The molecule has 86 valence electrons. The summed E-state index contributed by atoms with van der Waals surface area (Å²) in [6.07, 6.45) is 0. The van der Waals surface area contributed by atoms with Gasteiger partial charge in [0.2, 0.25) is 0 Å². The topological polar surface area (TPSA) is 33.6 Å². The molecule has 0 atom stereocenters. The fourth-order valence-electron chi connectivity index (χ4n) is 1.47. The summed E-state index contributed by atoms with van der Waals surface area (Å²) in [5, 5.41) is 7.12. The summed E-state index contributed by atoms with van der Waals surface area (Å²) in [6, 6.07) is 2.32. The third-order valence-electron chi connectivity index (χ3n) is 2.12. The highest BCUT2D eigenvalue weighted by atomic mass is 79.9. The number of H-pyrrole nitrogens is 1. The fraction of sp³-hybridized carbons (Fsp3) is 0.333. The van der Waals surface area contributed by atoms with Crippen LogP contribution in [-0.2, 0) is 0 Å². The van der Waals surface area contributed by atoms with Crippen molar-refractivity contribution in [3.05, 3.63) is 18.4 Å². The van der Waals surface area contributed by atoms with Crippen molar-refractivity contribution in [1.29, 1.82) is 0 Å². The second-order valence-electron chi connectivity index (χ2n) is 3.55. The molecule has 0 aliphatic carbocycles. The first-order valence-electron chi connectivity index (χ1n) is 4.63. The summed E-state index contributed by atoms with van der Waals surface area (Å²) in [5.74, 6) is 0.869. The van der Waals surface area contributed by atoms with Gasteiger partial charge in [0.05, 0.1) is 7.57 Å². The zero-order chi connectivity index (χ0) is 11.9. The van der Waals surface area contributed by atoms with Crippen molar-refractivity contribution in [3.63, 3.8) is 0 Å². The van der Waals surface area contributed by atoms with Crippen LogP contribution in [0, 0.1) is 4.77 Å². The lowest BCUT2D eigenvalue weighted by molar-refractivity contribution is 0.597. The monoisotopic (exact) mass is 381 g/mol. The number of halogens is 2. The molecule has 0 amide bonds. The van der Waals surface area contributed by atoms with E-state index in [1.165, 1.54) is 0 Å². The van der Waals surface area contributed by atoms with Gasteiger partial charge in [-0.25, -0.2) is 0 Å². The van der Waals surface area contributed by atoms with Gasteiger partial charge in [-0.05, 0) is 64.0 Å². The van der Waals surface area contributed by atoms with Crippen LogP contribution in [0.3, 0.4) is 0 Å². The summed E-state index contributed by atoms with van der Waals surface area (Å²) >= 11 is 13.8. The third-order valence-corrected chi connectivity index (χ3v) is 4.75. The van der Waals surface area contributed by atoms with Gasteiger partial charge in [0.1, 0.15) is 0 Å². The molecule has 2 aromatic rings. The average molecular weight is 383 g/mol. The minimum atomic E-state index is 0.284. The van der Waals surface area contributed by atoms with E-state index in [1.54, 1.807) is 11.3 Å². The molecule has 16 heavy (non-hydrogen) atoms. The number of nitrogens with zero attached hydrogens (tertiary/aromatic N) is 2. The van der Waals surface area contributed by atoms with Crippen LogP contribution < -0.4 is 0 Å². The Bertz CT molecular complexity index is 568. The third kappa shape index (κ3) is 2.18. The van der Waals surface area contributed by atoms with E-state index in [0.29, 0.717) is 4.77 Å². The van der Waals surface area contributed by atoms with Gasteiger partial charge in [-0.1, -0.05) is 0 Å². The van der Waals surface area contributed by atoms with Gasteiger partial charge in [-0.3, -0.25) is 9.67 Å². The van der Waals surface area contributed by atoms with E-state index in [2.05, 4.69) is 55.9 Å². The van der Waals surface area contributed by atoms with Crippen LogP contribution in [0.15, 0.2) is 13.6 Å². The summed E-state index contributed by atoms with van der Waals surface area (Å²) in [5.41, 5.74) is 1.05. The SMILES string of the molecule is CC(C)n1c(-c2cc(Br)sc2Br)n[nH]c1=S. The Labute approximate surface area is 119 Å². The highest BCUT2D eigenvalue weighted by molar-refractivity contribution is 9.12. The molecule has 2 rings (SSSR count). The molecule has 0 unspecified atom stereocenters. The number of nitrogens with one attached hydrogen (secondary N) is 1. The lowest BCUT2D eigenvalue weighted by Gasteiger charge is -2.09. The summed E-state index contributed by atoms with van der Waals surface area (Å²) in [7, 11) is 0. The molecule has 0 fully saturated rings. The summed E-state index contributed by atoms with van der Waals surface area (Å²) < 4.78 is 4.78. The molecular formula is C9H9Br2N3S2. The normalized spacial score (nSPS) is 11.3. The smallest absolute Gasteiger partial charge is 0.195 e. The first kappa shape index (κ1) is 12.5. The molecule has 0 bridgehead atoms. The van der Waals surface area contributed by atoms with Crippen LogP contribution in [-0.4, -0.2) is 14.8 Å². The predicted molar refractivity (Wildman–Crippen MR) is 76.5 cm³/mol. The van der Waals surface area contributed by atoms with Crippen molar-refractivity contribution in [2.75, 3.05) is 0 Å². The lowest BCUT2D eigenvalue weighted by atomic mass is 10.3. The molecule has 7 heteroatoms. The Hall–Kier alpha value is 0.0200. The van der Waals surface area contributed by atoms with Crippen LogP contribution in [0.25, 0.3) is 11.4 Å². The molecular weight excluding hydrogens is 374 g/mol. The summed E-state index contributed by atoms with van der Waals surface area (Å²) in [6.45, 7) is 4.17. The Kier molecular flexibility index (Phi) is 3.68. The Morgan fingerprint density at radius 3 is 2.69 bits per heavy atom. The van der Waals surface area contributed by atoms with E-state index in [9.17, 15) is 0 Å². The van der Waals surface area contributed by atoms with Crippen molar-refractivity contribution in [2.45, 2.75) is 19.9 Å². The van der Waals surface area contributed by atoms with E-state index in [4.69, 9.17) is 12.2 Å². The molecule has 0 saturated carbocycles. The maximum absolute atomic E-state index is 5.22. The molecule has 2 aromatic heterocycles. The number of hydrogen-bond acceptors (Lipinski definition) is 3. The van der Waals surface area contributed by atoms with Crippen molar-refractivity contribution >= 4 is 55.4 Å².